The first-order valence-electron chi connectivity index (χ1n) is 15.2. The monoisotopic (exact) mass is 587 g/mol. The van der Waals surface area contributed by atoms with Crippen LogP contribution >= 0.6 is 0 Å². The number of sulfonamides is 1. The van der Waals surface area contributed by atoms with Crippen molar-refractivity contribution in [2.24, 2.45) is 18.4 Å². The van der Waals surface area contributed by atoms with Gasteiger partial charge in [0.05, 0.1) is 17.6 Å². The molecule has 10 nitrogen and oxygen atoms in total. The standard InChI is InChI=1S/C30H49N7O3S/c1-20-9-7-10-21(2)28(20)26-14-27-32-29(31-26)34-41(38,39)25-12-8-11-22(13-25)16-37(18-23-17-36(6)35-33-23)24(19-40-27)15-30(3,4)5/h7,9-10,17,22,24-27,29,31-32,34H,8,11-16,18-19H2,1-6H3/t22?,24-,25?,26?,27?,29?/m1/s1. The summed E-state index contributed by atoms with van der Waals surface area (Å²) in [6.45, 7) is 13.1. The lowest BCUT2D eigenvalue weighted by Crippen LogP contribution is -2.64. The summed E-state index contributed by atoms with van der Waals surface area (Å²) in [7, 11) is -1.67. The number of aryl methyl sites for hydroxylation is 3. The highest BCUT2D eigenvalue weighted by Crippen LogP contribution is 2.34. The molecule has 2 saturated heterocycles. The number of nitrogens with one attached hydrogen (secondary N) is 3. The predicted octanol–water partition coefficient (Wildman–Crippen LogP) is 3.48. The second-order valence-corrected chi connectivity index (χ2v) is 15.7. The van der Waals surface area contributed by atoms with Crippen LogP contribution in [0.3, 0.4) is 0 Å². The second kappa shape index (κ2) is 12.4. The van der Waals surface area contributed by atoms with Crippen molar-refractivity contribution in [2.45, 2.75) is 110 Å². The Morgan fingerprint density at radius 1 is 1.10 bits per heavy atom. The molecule has 3 aliphatic rings. The molecule has 0 amide bonds. The number of ether oxygens (including phenoxy) is 1. The first-order valence-corrected chi connectivity index (χ1v) is 16.7. The Morgan fingerprint density at radius 2 is 1.85 bits per heavy atom. The molecule has 1 aromatic carbocycles. The van der Waals surface area contributed by atoms with Gasteiger partial charge < -0.3 is 4.74 Å². The fourth-order valence-electron chi connectivity index (χ4n) is 7.08. The molecule has 3 N–H and O–H groups in total. The van der Waals surface area contributed by atoms with E-state index in [-0.39, 0.29) is 29.6 Å². The topological polar surface area (TPSA) is 113 Å². The van der Waals surface area contributed by atoms with Crippen molar-refractivity contribution in [2.75, 3.05) is 13.2 Å². The van der Waals surface area contributed by atoms with E-state index in [2.05, 4.69) is 83.4 Å². The van der Waals surface area contributed by atoms with Gasteiger partial charge in [-0.2, -0.15) is 4.72 Å². The van der Waals surface area contributed by atoms with Crippen LogP contribution < -0.4 is 15.4 Å². The highest BCUT2D eigenvalue weighted by atomic mass is 32.2. The summed E-state index contributed by atoms with van der Waals surface area (Å²) in [6.07, 6.45) is 5.99. The Kier molecular flexibility index (Phi) is 9.23. The van der Waals surface area contributed by atoms with Crippen LogP contribution in [0.25, 0.3) is 0 Å². The van der Waals surface area contributed by atoms with Crippen molar-refractivity contribution in [1.82, 2.24) is 35.2 Å². The smallest absolute Gasteiger partial charge is 0.216 e. The average molecular weight is 588 g/mol. The Morgan fingerprint density at radius 3 is 2.54 bits per heavy atom. The van der Waals surface area contributed by atoms with Crippen molar-refractivity contribution in [3.63, 3.8) is 0 Å². The molecule has 1 aliphatic carbocycles. The lowest BCUT2D eigenvalue weighted by molar-refractivity contribution is -0.0517. The molecule has 4 bridgehead atoms. The summed E-state index contributed by atoms with van der Waals surface area (Å²) in [4.78, 5) is 2.49. The number of hydrogen-bond donors (Lipinski definition) is 3. The quantitative estimate of drug-likeness (QED) is 0.499. The molecule has 41 heavy (non-hydrogen) atoms. The zero-order chi connectivity index (χ0) is 29.4. The molecule has 5 unspecified atom stereocenters. The number of aromatic nitrogens is 3. The van der Waals surface area contributed by atoms with E-state index < -0.39 is 21.6 Å². The zero-order valence-electron chi connectivity index (χ0n) is 25.6. The lowest BCUT2D eigenvalue weighted by Gasteiger charge is -2.40. The van der Waals surface area contributed by atoms with E-state index >= 15 is 0 Å². The summed E-state index contributed by atoms with van der Waals surface area (Å²) >= 11 is 0. The van der Waals surface area contributed by atoms with Gasteiger partial charge in [-0.3, -0.25) is 20.2 Å². The normalized spacial score (nSPS) is 31.6. The minimum atomic E-state index is -3.56. The highest BCUT2D eigenvalue weighted by Gasteiger charge is 2.39. The summed E-state index contributed by atoms with van der Waals surface area (Å²) in [5.41, 5.74) is 4.61. The number of benzene rings is 1. The third-order valence-electron chi connectivity index (χ3n) is 8.88. The molecule has 11 heteroatoms. The van der Waals surface area contributed by atoms with Gasteiger partial charge in [-0.1, -0.05) is 50.6 Å². The Labute approximate surface area is 246 Å². The minimum Gasteiger partial charge on any atom is -0.362 e. The Hall–Kier alpha value is -1.89. The molecule has 6 atom stereocenters. The van der Waals surface area contributed by atoms with Gasteiger partial charge in [0, 0.05) is 44.8 Å². The average Bonchev–Trinajstić information content (AvgIpc) is 3.29. The number of fused-ring (bicyclic) bond motifs is 4. The third kappa shape index (κ3) is 7.74. The summed E-state index contributed by atoms with van der Waals surface area (Å²) in [5.74, 6) is 0.285. The van der Waals surface area contributed by atoms with Gasteiger partial charge >= 0.3 is 0 Å². The Balaban J connectivity index is 1.49. The molecule has 228 valence electrons. The number of hydrogen-bond acceptors (Lipinski definition) is 8. The SMILES string of the molecule is Cc1cccc(C)c1C1CC2NC(N1)NS(=O)(=O)C1CCCC(C1)CN(Cc1cn(C)nn1)[C@H](CC(C)(C)C)CO2. The molecule has 3 fully saturated rings. The van der Waals surface area contributed by atoms with Crippen molar-refractivity contribution in [1.29, 1.82) is 0 Å². The molecule has 2 aliphatic heterocycles. The van der Waals surface area contributed by atoms with E-state index in [0.29, 0.717) is 32.4 Å². The lowest BCUT2D eigenvalue weighted by atomic mass is 9.85. The molecule has 0 radical (unpaired) electrons. The van der Waals surface area contributed by atoms with Gasteiger partial charge in [0.15, 0.2) is 0 Å². The predicted molar refractivity (Wildman–Crippen MR) is 160 cm³/mol. The van der Waals surface area contributed by atoms with Gasteiger partial charge in [-0.25, -0.2) is 8.42 Å². The summed E-state index contributed by atoms with van der Waals surface area (Å²) < 4.78 is 38.9. The minimum absolute atomic E-state index is 0.0452. The number of nitrogens with zero attached hydrogens (tertiary/aromatic N) is 4. The maximum atomic E-state index is 13.8. The zero-order valence-corrected chi connectivity index (χ0v) is 26.4. The van der Waals surface area contributed by atoms with E-state index in [9.17, 15) is 8.42 Å². The van der Waals surface area contributed by atoms with E-state index in [1.807, 2.05) is 13.2 Å². The van der Waals surface area contributed by atoms with Crippen LogP contribution in [-0.4, -0.2) is 65.3 Å². The van der Waals surface area contributed by atoms with Gasteiger partial charge in [0.1, 0.15) is 12.5 Å². The molecule has 1 saturated carbocycles. The van der Waals surface area contributed by atoms with E-state index in [0.717, 1.165) is 31.5 Å². The van der Waals surface area contributed by atoms with Crippen LogP contribution in [0.5, 0.6) is 0 Å². The van der Waals surface area contributed by atoms with Gasteiger partial charge in [0.2, 0.25) is 10.0 Å². The Bertz CT molecular complexity index is 1270. The van der Waals surface area contributed by atoms with E-state index in [1.165, 1.54) is 16.7 Å². The van der Waals surface area contributed by atoms with Crippen molar-refractivity contribution < 1.29 is 13.2 Å². The summed E-state index contributed by atoms with van der Waals surface area (Å²) in [6, 6.07) is 6.42. The molecule has 3 heterocycles. The van der Waals surface area contributed by atoms with Gasteiger partial charge in [-0.15, -0.1) is 5.10 Å². The second-order valence-electron chi connectivity index (χ2n) is 13.7. The van der Waals surface area contributed by atoms with Crippen molar-refractivity contribution in [3.05, 3.63) is 46.8 Å². The first kappa shape index (κ1) is 30.6. The fraction of sp³-hybridized carbons (Fsp3) is 0.733. The van der Waals surface area contributed by atoms with Gasteiger partial charge in [-0.05, 0) is 67.6 Å². The number of rotatable bonds is 4. The van der Waals surface area contributed by atoms with Crippen LogP contribution in [0.2, 0.25) is 0 Å². The van der Waals surface area contributed by atoms with Gasteiger partial charge in [0.25, 0.3) is 0 Å². The van der Waals surface area contributed by atoms with Crippen LogP contribution in [0.1, 0.15) is 87.7 Å². The maximum absolute atomic E-state index is 13.8. The fourth-order valence-corrected chi connectivity index (χ4v) is 8.73. The van der Waals surface area contributed by atoms with E-state index in [1.54, 1.807) is 4.68 Å². The molecular formula is C30H49N7O3S. The maximum Gasteiger partial charge on any atom is 0.216 e. The van der Waals surface area contributed by atoms with Crippen LogP contribution in [-0.2, 0) is 28.4 Å². The van der Waals surface area contributed by atoms with E-state index in [4.69, 9.17) is 4.74 Å². The molecule has 0 spiro atoms. The highest BCUT2D eigenvalue weighted by molar-refractivity contribution is 7.90. The van der Waals surface area contributed by atoms with Crippen LogP contribution in [0.15, 0.2) is 24.4 Å². The van der Waals surface area contributed by atoms with Crippen molar-refractivity contribution in [3.8, 4) is 0 Å². The molecule has 1 aromatic heterocycles. The van der Waals surface area contributed by atoms with Crippen LogP contribution in [0.4, 0.5) is 0 Å². The van der Waals surface area contributed by atoms with Crippen LogP contribution in [0, 0.1) is 25.2 Å². The largest absolute Gasteiger partial charge is 0.362 e. The molecule has 5 rings (SSSR count). The molecule has 2 aromatic rings. The van der Waals surface area contributed by atoms with Crippen molar-refractivity contribution >= 4 is 10.0 Å². The first-order chi connectivity index (χ1) is 19.4. The molecular weight excluding hydrogens is 538 g/mol. The summed E-state index contributed by atoms with van der Waals surface area (Å²) in [5, 5.41) is 15.2. The third-order valence-corrected chi connectivity index (χ3v) is 10.7.